The van der Waals surface area contributed by atoms with E-state index in [0.29, 0.717) is 11.4 Å². The second-order valence-corrected chi connectivity index (χ2v) is 12.4. The maximum Gasteiger partial charge on any atom is 0.184 e. The summed E-state index contributed by atoms with van der Waals surface area (Å²) in [6, 6.07) is 11.9. The third kappa shape index (κ3) is 5.66. The Morgan fingerprint density at radius 3 is 1.87 bits per heavy atom. The number of rotatable bonds is 7. The second-order valence-electron chi connectivity index (χ2n) is 12.4. The van der Waals surface area contributed by atoms with Gasteiger partial charge >= 0.3 is 0 Å². The lowest BCUT2D eigenvalue weighted by Crippen LogP contribution is -2.54. The molecule has 0 amide bonds. The number of piperidine rings is 3. The highest BCUT2D eigenvalue weighted by molar-refractivity contribution is 5.97. The average Bonchev–Trinajstić information content (AvgIpc) is 2.97. The van der Waals surface area contributed by atoms with Crippen LogP contribution < -0.4 is 4.90 Å². The summed E-state index contributed by atoms with van der Waals surface area (Å²) in [7, 11) is 4.24. The van der Waals surface area contributed by atoms with Crippen molar-refractivity contribution in [3.05, 3.63) is 53.5 Å². The van der Waals surface area contributed by atoms with Crippen LogP contribution in [0.2, 0.25) is 0 Å². The molecule has 210 valence electrons. The molecule has 0 aliphatic carbocycles. The van der Waals surface area contributed by atoms with Gasteiger partial charge in [0.25, 0.3) is 0 Å². The van der Waals surface area contributed by atoms with Crippen LogP contribution in [0, 0.1) is 17.8 Å². The van der Waals surface area contributed by atoms with Crippen LogP contribution in [-0.4, -0.2) is 78.2 Å². The van der Waals surface area contributed by atoms with Crippen LogP contribution in [0.5, 0.6) is 0 Å². The van der Waals surface area contributed by atoms with Crippen molar-refractivity contribution in [3.63, 3.8) is 0 Å². The normalized spacial score (nSPS) is 24.3. The molecule has 3 aliphatic heterocycles. The number of aromatic nitrogens is 2. The summed E-state index contributed by atoms with van der Waals surface area (Å²) in [5, 5.41) is 0. The molecule has 5 rings (SSSR count). The van der Waals surface area contributed by atoms with Crippen molar-refractivity contribution in [2.24, 2.45) is 17.8 Å². The Morgan fingerprint density at radius 1 is 0.769 bits per heavy atom. The van der Waals surface area contributed by atoms with Gasteiger partial charge < -0.3 is 14.7 Å². The van der Waals surface area contributed by atoms with E-state index in [4.69, 9.17) is 9.97 Å². The van der Waals surface area contributed by atoms with E-state index < -0.39 is 0 Å². The molecule has 1 unspecified atom stereocenters. The smallest absolute Gasteiger partial charge is 0.184 e. The molecule has 3 saturated heterocycles. The van der Waals surface area contributed by atoms with Gasteiger partial charge in [0.1, 0.15) is 17.2 Å². The van der Waals surface area contributed by atoms with Crippen molar-refractivity contribution in [2.75, 3.05) is 51.7 Å². The van der Waals surface area contributed by atoms with Crippen LogP contribution in [-0.2, 0) is 5.54 Å². The van der Waals surface area contributed by atoms with Crippen molar-refractivity contribution in [1.29, 1.82) is 0 Å². The van der Waals surface area contributed by atoms with Crippen LogP contribution in [0.1, 0.15) is 85.5 Å². The van der Waals surface area contributed by atoms with Gasteiger partial charge in [-0.25, -0.2) is 9.97 Å². The minimum atomic E-state index is -0.385. The van der Waals surface area contributed by atoms with E-state index in [0.717, 1.165) is 89.2 Å². The number of hydrogen-bond acceptors (Lipinski definition) is 7. The Hall–Kier alpha value is -2.64. The molecule has 7 heteroatoms. The molecule has 0 bridgehead atoms. The van der Waals surface area contributed by atoms with E-state index in [1.54, 1.807) is 0 Å². The second kappa shape index (κ2) is 11.8. The standard InChI is InChI=1S/C32H45N5O2/c1-23(2)32(28-11-7-9-26(33-28)30(38)24-13-19-35(3)20-14-24)17-5-6-18-37(32)29-12-8-10-27(34-29)31(39)25-15-21-36(4)22-16-25/h7-12,23-25H,5-6,13-22H2,1-4H3. The number of nitrogens with zero attached hydrogens (tertiary/aromatic N) is 5. The maximum absolute atomic E-state index is 13.5. The Morgan fingerprint density at radius 2 is 1.31 bits per heavy atom. The Labute approximate surface area is 234 Å². The van der Waals surface area contributed by atoms with E-state index in [-0.39, 0.29) is 34.9 Å². The molecule has 1 atom stereocenters. The van der Waals surface area contributed by atoms with Crippen molar-refractivity contribution >= 4 is 17.4 Å². The van der Waals surface area contributed by atoms with Gasteiger partial charge in [-0.3, -0.25) is 9.59 Å². The molecule has 0 saturated carbocycles. The minimum Gasteiger partial charge on any atom is -0.345 e. The first-order chi connectivity index (χ1) is 18.8. The Balaban J connectivity index is 1.46. The fourth-order valence-corrected chi connectivity index (χ4v) is 6.96. The van der Waals surface area contributed by atoms with E-state index >= 15 is 0 Å². The van der Waals surface area contributed by atoms with Gasteiger partial charge in [0, 0.05) is 18.4 Å². The van der Waals surface area contributed by atoms with Gasteiger partial charge in [-0.2, -0.15) is 0 Å². The lowest BCUT2D eigenvalue weighted by atomic mass is 9.74. The van der Waals surface area contributed by atoms with Crippen LogP contribution >= 0.6 is 0 Å². The molecule has 2 aromatic rings. The zero-order valence-electron chi connectivity index (χ0n) is 24.2. The Kier molecular flexibility index (Phi) is 8.48. The zero-order chi connectivity index (χ0) is 27.6. The summed E-state index contributed by atoms with van der Waals surface area (Å²) in [5.41, 5.74) is 1.73. The van der Waals surface area contributed by atoms with Gasteiger partial charge in [-0.05, 0) is 115 Å². The lowest BCUT2D eigenvalue weighted by molar-refractivity contribution is 0.0843. The SMILES string of the molecule is CC(C)C1(c2cccc(C(=O)C3CCN(C)CC3)n2)CCCCN1c1cccc(C(=O)C2CCN(C)CC2)n1. The van der Waals surface area contributed by atoms with Gasteiger partial charge in [-0.1, -0.05) is 26.0 Å². The largest absolute Gasteiger partial charge is 0.345 e. The van der Waals surface area contributed by atoms with Crippen LogP contribution in [0.25, 0.3) is 0 Å². The van der Waals surface area contributed by atoms with Crippen molar-refractivity contribution < 1.29 is 9.59 Å². The highest BCUT2D eigenvalue weighted by atomic mass is 16.1. The van der Waals surface area contributed by atoms with Crippen LogP contribution in [0.4, 0.5) is 5.82 Å². The summed E-state index contributed by atoms with van der Waals surface area (Å²) in [6.07, 6.45) is 6.68. The summed E-state index contributed by atoms with van der Waals surface area (Å²) >= 11 is 0. The number of hydrogen-bond donors (Lipinski definition) is 0. The van der Waals surface area contributed by atoms with E-state index in [1.807, 2.05) is 30.3 Å². The van der Waals surface area contributed by atoms with E-state index in [2.05, 4.69) is 48.7 Å². The predicted molar refractivity (Wildman–Crippen MR) is 155 cm³/mol. The molecule has 0 aromatic carbocycles. The number of carbonyl (C=O) groups is 2. The summed E-state index contributed by atoms with van der Waals surface area (Å²) in [5.74, 6) is 1.52. The molecule has 0 N–H and O–H groups in total. The van der Waals surface area contributed by atoms with Crippen molar-refractivity contribution in [2.45, 2.75) is 64.3 Å². The molecule has 0 spiro atoms. The molecule has 0 radical (unpaired) electrons. The molecular formula is C32H45N5O2. The molecule has 2 aromatic heterocycles. The van der Waals surface area contributed by atoms with Crippen molar-refractivity contribution in [3.8, 4) is 0 Å². The average molecular weight is 532 g/mol. The highest BCUT2D eigenvalue weighted by Crippen LogP contribution is 2.45. The molecule has 3 aliphatic rings. The van der Waals surface area contributed by atoms with Gasteiger partial charge in [0.05, 0.1) is 11.2 Å². The molecular weight excluding hydrogens is 486 g/mol. The van der Waals surface area contributed by atoms with E-state index in [1.165, 1.54) is 0 Å². The lowest BCUT2D eigenvalue weighted by Gasteiger charge is -2.50. The topological polar surface area (TPSA) is 69.6 Å². The number of pyridine rings is 2. The van der Waals surface area contributed by atoms with Crippen LogP contribution in [0.15, 0.2) is 36.4 Å². The number of ketones is 2. The monoisotopic (exact) mass is 531 g/mol. The predicted octanol–water partition coefficient (Wildman–Crippen LogP) is 5.07. The molecule has 5 heterocycles. The number of anilines is 1. The fourth-order valence-electron chi connectivity index (χ4n) is 6.96. The first kappa shape index (κ1) is 27.9. The van der Waals surface area contributed by atoms with Crippen molar-refractivity contribution in [1.82, 2.24) is 19.8 Å². The fraction of sp³-hybridized carbons (Fsp3) is 0.625. The highest BCUT2D eigenvalue weighted by Gasteiger charge is 2.45. The molecule has 7 nitrogen and oxygen atoms in total. The number of Topliss-reactive ketones (excluding diaryl/α,β-unsaturated/α-hetero) is 2. The van der Waals surface area contributed by atoms with E-state index in [9.17, 15) is 9.59 Å². The molecule has 3 fully saturated rings. The number of likely N-dealkylation sites (tertiary alicyclic amines) is 2. The summed E-state index contributed by atoms with van der Waals surface area (Å²) in [6.45, 7) is 9.17. The molecule has 39 heavy (non-hydrogen) atoms. The van der Waals surface area contributed by atoms with Gasteiger partial charge in [0.2, 0.25) is 0 Å². The van der Waals surface area contributed by atoms with Gasteiger partial charge in [0.15, 0.2) is 11.6 Å². The quantitative estimate of drug-likeness (QED) is 0.462. The number of carbonyl (C=O) groups excluding carboxylic acids is 2. The first-order valence-electron chi connectivity index (χ1n) is 15.0. The third-order valence-corrected chi connectivity index (χ3v) is 9.51. The Bertz CT molecular complexity index is 1170. The third-order valence-electron chi connectivity index (χ3n) is 9.51. The first-order valence-corrected chi connectivity index (χ1v) is 15.0. The summed E-state index contributed by atoms with van der Waals surface area (Å²) < 4.78 is 0. The minimum absolute atomic E-state index is 0.0455. The van der Waals surface area contributed by atoms with Gasteiger partial charge in [-0.15, -0.1) is 0 Å². The summed E-state index contributed by atoms with van der Waals surface area (Å²) in [4.78, 5) is 44.0. The maximum atomic E-state index is 13.5. The van der Waals surface area contributed by atoms with Crippen LogP contribution in [0.3, 0.4) is 0 Å². The zero-order valence-corrected chi connectivity index (χ0v) is 24.2.